The molecule has 2 N–H and O–H groups in total. The molecule has 18 heavy (non-hydrogen) atoms. The van der Waals surface area contributed by atoms with Gasteiger partial charge in [0.2, 0.25) is 5.76 Å². The van der Waals surface area contributed by atoms with Crippen molar-refractivity contribution < 1.29 is 19.8 Å². The highest BCUT2D eigenvalue weighted by Gasteiger charge is 2.11. The topological polar surface area (TPSA) is 77.8 Å². The third kappa shape index (κ3) is 4.10. The summed E-state index contributed by atoms with van der Waals surface area (Å²) in [7, 11) is 1.49. The fourth-order valence-electron chi connectivity index (χ4n) is 1.28. The van der Waals surface area contributed by atoms with Crippen LogP contribution in [0.1, 0.15) is 5.56 Å². The van der Waals surface area contributed by atoms with Crippen LogP contribution < -0.4 is 0 Å². The molecule has 0 atom stereocenters. The van der Waals surface area contributed by atoms with Crippen molar-refractivity contribution in [3.05, 3.63) is 46.7 Å². The predicted octanol–water partition coefficient (Wildman–Crippen LogP) is 1.82. The lowest BCUT2D eigenvalue weighted by Gasteiger charge is -2.15. The zero-order chi connectivity index (χ0) is 13.7. The Labute approximate surface area is 109 Å². The van der Waals surface area contributed by atoms with Crippen LogP contribution in [0.4, 0.5) is 0 Å². The Morgan fingerprint density at radius 2 is 2.06 bits per heavy atom. The van der Waals surface area contributed by atoms with Gasteiger partial charge in [0.25, 0.3) is 5.91 Å². The number of aliphatic hydroxyl groups is 1. The number of carbonyl (C=O) groups excluding carboxylic acids is 1. The third-order valence-corrected chi connectivity index (χ3v) is 2.40. The summed E-state index contributed by atoms with van der Waals surface area (Å²) in [6.45, 7) is 0.267. The summed E-state index contributed by atoms with van der Waals surface area (Å²) in [5, 5.41) is 17.9. The quantitative estimate of drug-likeness (QED) is 0.646. The van der Waals surface area contributed by atoms with E-state index in [1.807, 2.05) is 0 Å². The molecule has 0 spiro atoms. The van der Waals surface area contributed by atoms with E-state index in [1.165, 1.54) is 11.9 Å². The molecule has 0 aliphatic heterocycles. The fraction of sp³-hybridized carbons (Fsp3) is 0.167. The van der Waals surface area contributed by atoms with Crippen molar-refractivity contribution in [2.24, 2.45) is 0 Å². The van der Waals surface area contributed by atoms with Crippen LogP contribution >= 0.6 is 11.6 Å². The molecule has 1 aromatic rings. The first-order chi connectivity index (χ1) is 8.40. The van der Waals surface area contributed by atoms with Crippen LogP contribution in [0.15, 0.2) is 36.1 Å². The molecule has 1 aromatic carbocycles. The van der Waals surface area contributed by atoms with E-state index in [-0.39, 0.29) is 6.54 Å². The Morgan fingerprint density at radius 3 is 2.61 bits per heavy atom. The third-order valence-electron chi connectivity index (χ3n) is 2.16. The van der Waals surface area contributed by atoms with Gasteiger partial charge in [0.15, 0.2) is 0 Å². The molecule has 0 unspecified atom stereocenters. The van der Waals surface area contributed by atoms with Crippen LogP contribution in [0.2, 0.25) is 5.02 Å². The van der Waals surface area contributed by atoms with Gasteiger partial charge in [0.05, 0.1) is 6.08 Å². The van der Waals surface area contributed by atoms with Crippen molar-refractivity contribution >= 4 is 23.5 Å². The Bertz CT molecular complexity index is 499. The van der Waals surface area contributed by atoms with Gasteiger partial charge in [0.1, 0.15) is 0 Å². The number of carbonyl (C=O) groups is 2. The normalized spacial score (nSPS) is 11.1. The molecular weight excluding hydrogens is 258 g/mol. The molecule has 96 valence electrons. The van der Waals surface area contributed by atoms with Crippen molar-refractivity contribution in [3.8, 4) is 0 Å². The lowest BCUT2D eigenvalue weighted by Crippen LogP contribution is -2.25. The number of halogens is 1. The standard InChI is InChI=1S/C12H12ClNO4/c1-14(11(16)6-10(15)12(17)18)7-8-3-2-4-9(13)5-8/h2-6,15H,7H2,1H3,(H,17,18). The molecule has 1 rings (SSSR count). The molecule has 0 saturated carbocycles. The van der Waals surface area contributed by atoms with Crippen molar-refractivity contribution in [1.82, 2.24) is 4.90 Å². The van der Waals surface area contributed by atoms with E-state index in [1.54, 1.807) is 24.3 Å². The molecule has 5 nitrogen and oxygen atoms in total. The van der Waals surface area contributed by atoms with E-state index in [4.69, 9.17) is 21.8 Å². The number of amides is 1. The summed E-state index contributed by atoms with van der Waals surface area (Å²) < 4.78 is 0. The number of likely N-dealkylation sites (N-methyl/N-ethyl adjacent to an activating group) is 1. The molecule has 0 aliphatic carbocycles. The zero-order valence-electron chi connectivity index (χ0n) is 9.63. The summed E-state index contributed by atoms with van der Waals surface area (Å²) in [4.78, 5) is 23.2. The Balaban J connectivity index is 2.71. The second kappa shape index (κ2) is 6.07. The lowest BCUT2D eigenvalue weighted by atomic mass is 10.2. The van der Waals surface area contributed by atoms with Crippen molar-refractivity contribution in [1.29, 1.82) is 0 Å². The van der Waals surface area contributed by atoms with E-state index < -0.39 is 17.6 Å². The van der Waals surface area contributed by atoms with E-state index >= 15 is 0 Å². The number of rotatable bonds is 4. The van der Waals surface area contributed by atoms with Gasteiger partial charge in [-0.2, -0.15) is 0 Å². The number of carboxylic acids is 1. The minimum Gasteiger partial charge on any atom is -0.502 e. The Hall–Kier alpha value is -2.01. The van der Waals surface area contributed by atoms with E-state index in [2.05, 4.69) is 0 Å². The van der Waals surface area contributed by atoms with Crippen molar-refractivity contribution in [2.75, 3.05) is 7.05 Å². The first-order valence-corrected chi connectivity index (χ1v) is 5.41. The number of aliphatic hydroxyl groups excluding tert-OH is 1. The van der Waals surface area contributed by atoms with E-state index in [9.17, 15) is 9.59 Å². The first-order valence-electron chi connectivity index (χ1n) is 5.03. The molecule has 0 radical (unpaired) electrons. The average Bonchev–Trinajstić information content (AvgIpc) is 2.28. The maximum Gasteiger partial charge on any atom is 0.371 e. The summed E-state index contributed by atoms with van der Waals surface area (Å²) in [5.41, 5.74) is 0.807. The second-order valence-corrected chi connectivity index (χ2v) is 4.10. The van der Waals surface area contributed by atoms with E-state index in [0.29, 0.717) is 11.1 Å². The van der Waals surface area contributed by atoms with Crippen LogP contribution in [0, 0.1) is 0 Å². The predicted molar refractivity (Wildman–Crippen MR) is 66.3 cm³/mol. The molecular formula is C12H12ClNO4. The Morgan fingerprint density at radius 1 is 1.39 bits per heavy atom. The van der Waals surface area contributed by atoms with Gasteiger partial charge in [-0.25, -0.2) is 4.79 Å². The van der Waals surface area contributed by atoms with Gasteiger partial charge in [-0.1, -0.05) is 23.7 Å². The molecule has 1 amide bonds. The van der Waals surface area contributed by atoms with Gasteiger partial charge >= 0.3 is 5.97 Å². The van der Waals surface area contributed by atoms with Gasteiger partial charge in [-0.05, 0) is 17.7 Å². The van der Waals surface area contributed by atoms with Crippen LogP contribution in [-0.2, 0) is 16.1 Å². The van der Waals surface area contributed by atoms with Gasteiger partial charge < -0.3 is 15.1 Å². The molecule has 0 heterocycles. The number of nitrogens with zero attached hydrogens (tertiary/aromatic N) is 1. The summed E-state index contributed by atoms with van der Waals surface area (Å²) in [6, 6.07) is 6.95. The number of carboxylic acid groups (broad SMARTS) is 1. The van der Waals surface area contributed by atoms with Crippen LogP contribution in [0.5, 0.6) is 0 Å². The highest BCUT2D eigenvalue weighted by molar-refractivity contribution is 6.30. The number of hydrogen-bond donors (Lipinski definition) is 2. The van der Waals surface area contributed by atoms with Gasteiger partial charge in [-0.15, -0.1) is 0 Å². The lowest BCUT2D eigenvalue weighted by molar-refractivity contribution is -0.136. The molecule has 0 saturated heterocycles. The maximum absolute atomic E-state index is 11.5. The second-order valence-electron chi connectivity index (χ2n) is 3.66. The molecule has 0 aromatic heterocycles. The highest BCUT2D eigenvalue weighted by atomic mass is 35.5. The molecule has 0 bridgehead atoms. The van der Waals surface area contributed by atoms with Gasteiger partial charge in [-0.3, -0.25) is 4.79 Å². The summed E-state index contributed by atoms with van der Waals surface area (Å²) in [6.07, 6.45) is 0.660. The summed E-state index contributed by atoms with van der Waals surface area (Å²) in [5.74, 6) is -3.13. The zero-order valence-corrected chi connectivity index (χ0v) is 10.4. The highest BCUT2D eigenvalue weighted by Crippen LogP contribution is 2.12. The van der Waals surface area contributed by atoms with Crippen molar-refractivity contribution in [3.63, 3.8) is 0 Å². The largest absolute Gasteiger partial charge is 0.502 e. The molecule has 0 aliphatic rings. The fourth-order valence-corrected chi connectivity index (χ4v) is 1.49. The SMILES string of the molecule is CN(Cc1cccc(Cl)c1)C(=O)C=C(O)C(=O)O. The Kier molecular flexibility index (Phi) is 4.74. The van der Waals surface area contributed by atoms with Crippen LogP contribution in [0.3, 0.4) is 0 Å². The number of hydrogen-bond acceptors (Lipinski definition) is 3. The maximum atomic E-state index is 11.5. The van der Waals surface area contributed by atoms with Crippen LogP contribution in [-0.4, -0.2) is 34.0 Å². The van der Waals surface area contributed by atoms with E-state index in [0.717, 1.165) is 5.56 Å². The smallest absolute Gasteiger partial charge is 0.371 e. The summed E-state index contributed by atoms with van der Waals surface area (Å²) >= 11 is 5.80. The minimum atomic E-state index is -1.54. The first kappa shape index (κ1) is 14.1. The number of benzene rings is 1. The minimum absolute atomic E-state index is 0.267. The number of aliphatic carboxylic acids is 1. The monoisotopic (exact) mass is 269 g/mol. The average molecular weight is 270 g/mol. The van der Waals surface area contributed by atoms with Gasteiger partial charge in [0, 0.05) is 18.6 Å². The molecule has 6 heteroatoms. The van der Waals surface area contributed by atoms with Crippen LogP contribution in [0.25, 0.3) is 0 Å². The molecule has 0 fully saturated rings. The van der Waals surface area contributed by atoms with Crippen molar-refractivity contribution in [2.45, 2.75) is 6.54 Å².